The number of nitrogens with zero attached hydrogens (tertiary/aromatic N) is 1. The third kappa shape index (κ3) is 3.41. The molecule has 21 heavy (non-hydrogen) atoms. The fourth-order valence-corrected chi connectivity index (χ4v) is 3.10. The standard InChI is InChI=1S/C16H14F2N2S/c1-20-16(10-19,12-5-3-2-4-6-12)11-21-15-9-13(17)7-8-14(15)18/h2-9,20H,11H2,1H3. The molecule has 1 unspecified atom stereocenters. The Hall–Kier alpha value is -1.90. The molecule has 0 aliphatic rings. The van der Waals surface area contributed by atoms with Crippen LogP contribution in [0.3, 0.4) is 0 Å². The van der Waals surface area contributed by atoms with Gasteiger partial charge in [0.1, 0.15) is 17.2 Å². The average molecular weight is 304 g/mol. The smallest absolute Gasteiger partial charge is 0.141 e. The van der Waals surface area contributed by atoms with Crippen LogP contribution in [0, 0.1) is 23.0 Å². The van der Waals surface area contributed by atoms with Crippen LogP contribution in [-0.2, 0) is 5.54 Å². The topological polar surface area (TPSA) is 35.8 Å². The Kier molecular flexibility index (Phi) is 4.94. The van der Waals surface area contributed by atoms with Gasteiger partial charge in [-0.05, 0) is 30.8 Å². The van der Waals surface area contributed by atoms with Gasteiger partial charge in [-0.1, -0.05) is 30.3 Å². The molecule has 0 heterocycles. The number of nitrogens with one attached hydrogen (secondary N) is 1. The number of halogens is 2. The highest BCUT2D eigenvalue weighted by Crippen LogP contribution is 2.31. The molecule has 2 aromatic carbocycles. The van der Waals surface area contributed by atoms with Crippen LogP contribution < -0.4 is 5.32 Å². The molecule has 0 aromatic heterocycles. The molecule has 1 atom stereocenters. The first-order chi connectivity index (χ1) is 10.1. The highest BCUT2D eigenvalue weighted by molar-refractivity contribution is 7.99. The van der Waals surface area contributed by atoms with Gasteiger partial charge in [0.05, 0.1) is 6.07 Å². The largest absolute Gasteiger partial charge is 0.298 e. The van der Waals surface area contributed by atoms with Gasteiger partial charge in [-0.3, -0.25) is 5.32 Å². The Bertz CT molecular complexity index is 655. The van der Waals surface area contributed by atoms with E-state index in [-0.39, 0.29) is 10.6 Å². The summed E-state index contributed by atoms with van der Waals surface area (Å²) in [6.07, 6.45) is 0. The van der Waals surface area contributed by atoms with Gasteiger partial charge in [-0.25, -0.2) is 8.78 Å². The number of hydrogen-bond donors (Lipinski definition) is 1. The van der Waals surface area contributed by atoms with Gasteiger partial charge < -0.3 is 0 Å². The lowest BCUT2D eigenvalue weighted by Gasteiger charge is -2.26. The van der Waals surface area contributed by atoms with Gasteiger partial charge in [0.2, 0.25) is 0 Å². The van der Waals surface area contributed by atoms with Crippen molar-refractivity contribution in [3.63, 3.8) is 0 Å². The predicted molar refractivity (Wildman–Crippen MR) is 79.9 cm³/mol. The third-order valence-corrected chi connectivity index (χ3v) is 4.42. The van der Waals surface area contributed by atoms with Crippen LogP contribution in [0.2, 0.25) is 0 Å². The van der Waals surface area contributed by atoms with Crippen molar-refractivity contribution in [1.29, 1.82) is 5.26 Å². The molecule has 0 fully saturated rings. The Morgan fingerprint density at radius 1 is 1.19 bits per heavy atom. The van der Waals surface area contributed by atoms with Gasteiger partial charge in [-0.2, -0.15) is 5.26 Å². The highest BCUT2D eigenvalue weighted by atomic mass is 32.2. The summed E-state index contributed by atoms with van der Waals surface area (Å²) in [6, 6.07) is 14.8. The molecule has 108 valence electrons. The van der Waals surface area contributed by atoms with Crippen LogP contribution in [0.1, 0.15) is 5.56 Å². The number of nitriles is 1. The first-order valence-electron chi connectivity index (χ1n) is 6.35. The quantitative estimate of drug-likeness (QED) is 0.856. The number of benzene rings is 2. The van der Waals surface area contributed by atoms with Crippen molar-refractivity contribution < 1.29 is 8.78 Å². The van der Waals surface area contributed by atoms with E-state index in [4.69, 9.17) is 0 Å². The highest BCUT2D eigenvalue weighted by Gasteiger charge is 2.30. The molecule has 2 aromatic rings. The minimum atomic E-state index is -0.954. The van der Waals surface area contributed by atoms with Crippen LogP contribution in [-0.4, -0.2) is 12.8 Å². The number of thioether (sulfide) groups is 1. The molecule has 0 radical (unpaired) electrons. The lowest BCUT2D eigenvalue weighted by atomic mass is 9.94. The third-order valence-electron chi connectivity index (χ3n) is 3.22. The summed E-state index contributed by atoms with van der Waals surface area (Å²) in [5, 5.41) is 12.5. The lowest BCUT2D eigenvalue weighted by Crippen LogP contribution is -2.41. The van der Waals surface area contributed by atoms with Crippen molar-refractivity contribution in [1.82, 2.24) is 5.32 Å². The second kappa shape index (κ2) is 6.70. The van der Waals surface area contributed by atoms with E-state index in [9.17, 15) is 14.0 Å². The summed E-state index contributed by atoms with van der Waals surface area (Å²) >= 11 is 1.11. The zero-order valence-electron chi connectivity index (χ0n) is 11.4. The summed E-state index contributed by atoms with van der Waals surface area (Å²) in [5.74, 6) is -0.715. The maximum atomic E-state index is 13.7. The average Bonchev–Trinajstić information content (AvgIpc) is 2.53. The fourth-order valence-electron chi connectivity index (χ4n) is 1.95. The fraction of sp³-hybridized carbons (Fsp3) is 0.188. The van der Waals surface area contributed by atoms with Gasteiger partial charge in [0.15, 0.2) is 0 Å². The molecular formula is C16H14F2N2S. The van der Waals surface area contributed by atoms with Crippen molar-refractivity contribution in [2.75, 3.05) is 12.8 Å². The van der Waals surface area contributed by atoms with Crippen molar-refractivity contribution in [3.8, 4) is 6.07 Å². The van der Waals surface area contributed by atoms with Crippen molar-refractivity contribution in [2.45, 2.75) is 10.4 Å². The molecule has 0 bridgehead atoms. The number of rotatable bonds is 5. The zero-order valence-corrected chi connectivity index (χ0v) is 12.3. The first-order valence-corrected chi connectivity index (χ1v) is 7.33. The van der Waals surface area contributed by atoms with Crippen LogP contribution in [0.25, 0.3) is 0 Å². The maximum Gasteiger partial charge on any atom is 0.141 e. The van der Waals surface area contributed by atoms with Crippen LogP contribution in [0.15, 0.2) is 53.4 Å². The Morgan fingerprint density at radius 2 is 1.90 bits per heavy atom. The zero-order chi connectivity index (χ0) is 15.3. The van der Waals surface area contributed by atoms with Crippen LogP contribution in [0.4, 0.5) is 8.78 Å². The molecule has 0 amide bonds. The summed E-state index contributed by atoms with van der Waals surface area (Å²) in [4.78, 5) is 0.195. The summed E-state index contributed by atoms with van der Waals surface area (Å²) in [7, 11) is 1.68. The second-order valence-electron chi connectivity index (χ2n) is 4.50. The molecule has 2 nitrogen and oxygen atoms in total. The lowest BCUT2D eigenvalue weighted by molar-refractivity contribution is 0.526. The van der Waals surface area contributed by atoms with Crippen molar-refractivity contribution in [2.24, 2.45) is 0 Å². The van der Waals surface area contributed by atoms with E-state index in [1.165, 1.54) is 0 Å². The Morgan fingerprint density at radius 3 is 2.52 bits per heavy atom. The normalized spacial score (nSPS) is 13.4. The molecule has 1 N–H and O–H groups in total. The van der Waals surface area contributed by atoms with E-state index in [1.54, 1.807) is 7.05 Å². The van der Waals surface area contributed by atoms with E-state index in [2.05, 4.69) is 11.4 Å². The molecule has 0 spiro atoms. The van der Waals surface area contributed by atoms with E-state index >= 15 is 0 Å². The van der Waals surface area contributed by atoms with E-state index in [0.29, 0.717) is 0 Å². The molecule has 2 rings (SSSR count). The SMILES string of the molecule is CNC(C#N)(CSc1cc(F)ccc1F)c1ccccc1. The molecular weight excluding hydrogens is 290 g/mol. The Balaban J connectivity index is 2.26. The van der Waals surface area contributed by atoms with E-state index in [0.717, 1.165) is 35.5 Å². The second-order valence-corrected chi connectivity index (χ2v) is 5.51. The van der Waals surface area contributed by atoms with E-state index < -0.39 is 17.2 Å². The minimum absolute atomic E-state index is 0.195. The van der Waals surface area contributed by atoms with Crippen LogP contribution >= 0.6 is 11.8 Å². The van der Waals surface area contributed by atoms with Gasteiger partial charge in [0.25, 0.3) is 0 Å². The summed E-state index contributed by atoms with van der Waals surface area (Å²) in [5.41, 5.74) is -0.163. The van der Waals surface area contributed by atoms with Crippen LogP contribution in [0.5, 0.6) is 0 Å². The Labute approximate surface area is 126 Å². The molecule has 5 heteroatoms. The molecule has 0 saturated carbocycles. The van der Waals surface area contributed by atoms with Gasteiger partial charge in [-0.15, -0.1) is 11.8 Å². The minimum Gasteiger partial charge on any atom is -0.298 e. The maximum absolute atomic E-state index is 13.7. The molecule has 0 aliphatic carbocycles. The van der Waals surface area contributed by atoms with Crippen molar-refractivity contribution >= 4 is 11.8 Å². The van der Waals surface area contributed by atoms with Gasteiger partial charge >= 0.3 is 0 Å². The van der Waals surface area contributed by atoms with Gasteiger partial charge in [0, 0.05) is 10.6 Å². The number of hydrogen-bond acceptors (Lipinski definition) is 3. The van der Waals surface area contributed by atoms with Crippen molar-refractivity contribution in [3.05, 3.63) is 65.7 Å². The monoisotopic (exact) mass is 304 g/mol. The molecule has 0 aliphatic heterocycles. The predicted octanol–water partition coefficient (Wildman–Crippen LogP) is 3.70. The molecule has 0 saturated heterocycles. The first kappa shape index (κ1) is 15.5. The van der Waals surface area contributed by atoms with E-state index in [1.807, 2.05) is 30.3 Å². The summed E-state index contributed by atoms with van der Waals surface area (Å²) < 4.78 is 26.9. The summed E-state index contributed by atoms with van der Waals surface area (Å²) in [6.45, 7) is 0.